The monoisotopic (exact) mass is 415 g/mol. The molecule has 2 N–H and O–H groups in total. The van der Waals surface area contributed by atoms with Crippen molar-refractivity contribution in [1.29, 1.82) is 0 Å². The SMILES string of the molecule is Cc1ccc(C)c(-c2csc(NC(=O)CCNC(=O)c3ccc(F)cc3F)n2)c1. The minimum absolute atomic E-state index is 0.00700. The summed E-state index contributed by atoms with van der Waals surface area (Å²) in [6.45, 7) is 4.01. The second-order valence-electron chi connectivity index (χ2n) is 6.53. The Morgan fingerprint density at radius 2 is 1.90 bits per heavy atom. The molecule has 3 rings (SSSR count). The van der Waals surface area contributed by atoms with E-state index in [1.54, 1.807) is 0 Å². The van der Waals surface area contributed by atoms with Gasteiger partial charge in [-0.05, 0) is 37.6 Å². The fraction of sp³-hybridized carbons (Fsp3) is 0.190. The molecule has 3 aromatic rings. The van der Waals surface area contributed by atoms with Crippen molar-refractivity contribution >= 4 is 28.3 Å². The van der Waals surface area contributed by atoms with Crippen molar-refractivity contribution in [2.45, 2.75) is 20.3 Å². The molecule has 0 aliphatic carbocycles. The molecular formula is C21H19F2N3O2S. The Balaban J connectivity index is 1.53. The van der Waals surface area contributed by atoms with E-state index in [1.807, 2.05) is 37.4 Å². The van der Waals surface area contributed by atoms with Gasteiger partial charge in [0.05, 0.1) is 11.3 Å². The summed E-state index contributed by atoms with van der Waals surface area (Å²) in [6.07, 6.45) is -0.00700. The Morgan fingerprint density at radius 3 is 2.66 bits per heavy atom. The van der Waals surface area contributed by atoms with Crippen LogP contribution in [0.15, 0.2) is 41.8 Å². The minimum Gasteiger partial charge on any atom is -0.351 e. The highest BCUT2D eigenvalue weighted by Crippen LogP contribution is 2.28. The van der Waals surface area contributed by atoms with Crippen molar-refractivity contribution in [3.8, 4) is 11.3 Å². The van der Waals surface area contributed by atoms with Gasteiger partial charge in [0.1, 0.15) is 11.6 Å². The van der Waals surface area contributed by atoms with E-state index in [-0.39, 0.29) is 24.4 Å². The number of halogens is 2. The van der Waals surface area contributed by atoms with Gasteiger partial charge < -0.3 is 10.6 Å². The van der Waals surface area contributed by atoms with Crippen LogP contribution in [0.5, 0.6) is 0 Å². The molecule has 150 valence electrons. The Hall–Kier alpha value is -3.13. The number of rotatable bonds is 6. The van der Waals surface area contributed by atoms with Crippen LogP contribution in [0.4, 0.5) is 13.9 Å². The molecule has 0 radical (unpaired) electrons. The maximum absolute atomic E-state index is 13.6. The summed E-state index contributed by atoms with van der Waals surface area (Å²) >= 11 is 1.31. The quantitative estimate of drug-likeness (QED) is 0.624. The molecule has 8 heteroatoms. The van der Waals surface area contributed by atoms with Crippen LogP contribution in [0.2, 0.25) is 0 Å². The van der Waals surface area contributed by atoms with Crippen LogP contribution in [0, 0.1) is 25.5 Å². The summed E-state index contributed by atoms with van der Waals surface area (Å²) in [6, 6.07) is 8.79. The number of carbonyl (C=O) groups is 2. The van der Waals surface area contributed by atoms with Crippen LogP contribution in [0.3, 0.4) is 0 Å². The summed E-state index contributed by atoms with van der Waals surface area (Å²) in [4.78, 5) is 28.5. The predicted molar refractivity (Wildman–Crippen MR) is 109 cm³/mol. The fourth-order valence-electron chi connectivity index (χ4n) is 2.71. The zero-order valence-electron chi connectivity index (χ0n) is 15.9. The number of aromatic nitrogens is 1. The number of amides is 2. The lowest BCUT2D eigenvalue weighted by Gasteiger charge is -2.06. The number of carbonyl (C=O) groups excluding carboxylic acids is 2. The summed E-state index contributed by atoms with van der Waals surface area (Å²) in [5.74, 6) is -2.75. The molecule has 5 nitrogen and oxygen atoms in total. The van der Waals surface area contributed by atoms with E-state index < -0.39 is 17.5 Å². The van der Waals surface area contributed by atoms with Crippen LogP contribution in [-0.2, 0) is 4.79 Å². The highest BCUT2D eigenvalue weighted by molar-refractivity contribution is 7.14. The molecule has 1 aromatic heterocycles. The molecule has 0 aliphatic heterocycles. The molecule has 0 atom stereocenters. The molecule has 0 unspecified atom stereocenters. The first-order valence-corrected chi connectivity index (χ1v) is 9.77. The van der Waals surface area contributed by atoms with Gasteiger partial charge in [-0.25, -0.2) is 13.8 Å². The van der Waals surface area contributed by atoms with Gasteiger partial charge in [0.25, 0.3) is 5.91 Å². The van der Waals surface area contributed by atoms with E-state index >= 15 is 0 Å². The van der Waals surface area contributed by atoms with Gasteiger partial charge in [-0.15, -0.1) is 11.3 Å². The molecule has 0 aliphatic rings. The number of hydrogen-bond acceptors (Lipinski definition) is 4. The van der Waals surface area contributed by atoms with E-state index in [0.29, 0.717) is 11.2 Å². The number of anilines is 1. The van der Waals surface area contributed by atoms with Crippen molar-refractivity contribution in [1.82, 2.24) is 10.3 Å². The fourth-order valence-corrected chi connectivity index (χ4v) is 3.43. The molecule has 2 aromatic carbocycles. The lowest BCUT2D eigenvalue weighted by atomic mass is 10.0. The first-order chi connectivity index (χ1) is 13.8. The molecular weight excluding hydrogens is 396 g/mol. The number of aryl methyl sites for hydroxylation is 2. The zero-order chi connectivity index (χ0) is 21.0. The van der Waals surface area contributed by atoms with Gasteiger partial charge in [-0.3, -0.25) is 9.59 Å². The number of nitrogens with one attached hydrogen (secondary N) is 2. The Kier molecular flexibility index (Phi) is 6.33. The van der Waals surface area contributed by atoms with Crippen molar-refractivity contribution in [3.05, 3.63) is 70.1 Å². The summed E-state index contributed by atoms with van der Waals surface area (Å²) in [7, 11) is 0. The maximum Gasteiger partial charge on any atom is 0.254 e. The van der Waals surface area contributed by atoms with E-state index in [1.165, 1.54) is 11.3 Å². The summed E-state index contributed by atoms with van der Waals surface area (Å²) < 4.78 is 26.5. The molecule has 0 bridgehead atoms. The second kappa shape index (κ2) is 8.91. The first kappa shape index (κ1) is 20.6. The van der Waals surface area contributed by atoms with Crippen molar-refractivity contribution in [2.75, 3.05) is 11.9 Å². The average molecular weight is 415 g/mol. The van der Waals surface area contributed by atoms with Crippen molar-refractivity contribution in [2.24, 2.45) is 0 Å². The Morgan fingerprint density at radius 1 is 1.10 bits per heavy atom. The van der Waals surface area contributed by atoms with Crippen molar-refractivity contribution < 1.29 is 18.4 Å². The lowest BCUT2D eigenvalue weighted by molar-refractivity contribution is -0.116. The normalized spacial score (nSPS) is 10.6. The van der Waals surface area contributed by atoms with Crippen LogP contribution >= 0.6 is 11.3 Å². The van der Waals surface area contributed by atoms with Gasteiger partial charge >= 0.3 is 0 Å². The molecule has 0 spiro atoms. The lowest BCUT2D eigenvalue weighted by Crippen LogP contribution is -2.28. The van der Waals surface area contributed by atoms with E-state index in [2.05, 4.69) is 15.6 Å². The zero-order valence-corrected chi connectivity index (χ0v) is 16.7. The number of thiazole rings is 1. The third-order valence-electron chi connectivity index (χ3n) is 4.23. The van der Waals surface area contributed by atoms with Gasteiger partial charge in [0.2, 0.25) is 5.91 Å². The van der Waals surface area contributed by atoms with Crippen LogP contribution < -0.4 is 10.6 Å². The Labute approximate surface area is 170 Å². The highest BCUT2D eigenvalue weighted by Gasteiger charge is 2.13. The minimum atomic E-state index is -0.950. The summed E-state index contributed by atoms with van der Waals surface area (Å²) in [5.41, 5.74) is 3.74. The topological polar surface area (TPSA) is 71.1 Å². The maximum atomic E-state index is 13.6. The van der Waals surface area contributed by atoms with Crippen LogP contribution in [0.25, 0.3) is 11.3 Å². The van der Waals surface area contributed by atoms with E-state index in [4.69, 9.17) is 0 Å². The van der Waals surface area contributed by atoms with Gasteiger partial charge in [-0.2, -0.15) is 0 Å². The highest BCUT2D eigenvalue weighted by atomic mass is 32.1. The molecule has 29 heavy (non-hydrogen) atoms. The van der Waals surface area contributed by atoms with Crippen LogP contribution in [-0.4, -0.2) is 23.3 Å². The Bertz CT molecular complexity index is 1070. The molecule has 0 fully saturated rings. The largest absolute Gasteiger partial charge is 0.351 e. The predicted octanol–water partition coefficient (Wildman–Crippen LogP) is 4.46. The summed E-state index contributed by atoms with van der Waals surface area (Å²) in [5, 5.41) is 7.46. The molecule has 2 amide bonds. The van der Waals surface area contributed by atoms with E-state index in [0.717, 1.165) is 34.5 Å². The number of benzene rings is 2. The van der Waals surface area contributed by atoms with Crippen molar-refractivity contribution in [3.63, 3.8) is 0 Å². The number of hydrogen-bond donors (Lipinski definition) is 2. The molecule has 1 heterocycles. The van der Waals surface area contributed by atoms with E-state index in [9.17, 15) is 18.4 Å². The third-order valence-corrected chi connectivity index (χ3v) is 4.99. The third kappa shape index (κ3) is 5.23. The van der Waals surface area contributed by atoms with Crippen LogP contribution in [0.1, 0.15) is 27.9 Å². The van der Waals surface area contributed by atoms with Gasteiger partial charge in [-0.1, -0.05) is 17.7 Å². The molecule has 0 saturated heterocycles. The second-order valence-corrected chi connectivity index (χ2v) is 7.39. The average Bonchev–Trinajstić information content (AvgIpc) is 3.11. The molecule has 0 saturated carbocycles. The number of nitrogens with zero attached hydrogens (tertiary/aromatic N) is 1. The standard InChI is InChI=1S/C21H19F2N3O2S/c1-12-3-4-13(2)16(9-12)18-11-29-21(25-18)26-19(27)7-8-24-20(28)15-6-5-14(22)10-17(15)23/h3-6,9-11H,7-8H2,1-2H3,(H,24,28)(H,25,26,27). The smallest absolute Gasteiger partial charge is 0.254 e. The first-order valence-electron chi connectivity index (χ1n) is 8.90. The van der Waals surface area contributed by atoms with Gasteiger partial charge in [0.15, 0.2) is 5.13 Å². The van der Waals surface area contributed by atoms with Gasteiger partial charge in [0, 0.05) is 30.0 Å².